The zero-order chi connectivity index (χ0) is 18.9. The van der Waals surface area contributed by atoms with Crippen LogP contribution in [0.2, 0.25) is 0 Å². The molecule has 0 spiro atoms. The van der Waals surface area contributed by atoms with Crippen molar-refractivity contribution in [1.82, 2.24) is 0 Å². The van der Waals surface area contributed by atoms with Crippen LogP contribution in [0.1, 0.15) is 25.0 Å². The van der Waals surface area contributed by atoms with Crippen LogP contribution >= 0.6 is 24.0 Å². The number of rotatable bonds is 8. The molecule has 0 aliphatic heterocycles. The first-order chi connectivity index (χ1) is 12.5. The van der Waals surface area contributed by atoms with Crippen molar-refractivity contribution in [1.29, 1.82) is 0 Å². The fourth-order valence-electron chi connectivity index (χ4n) is 2.55. The predicted octanol–water partition coefficient (Wildman–Crippen LogP) is 3.74. The summed E-state index contributed by atoms with van der Waals surface area (Å²) in [6.07, 6.45) is 0.960. The van der Waals surface area contributed by atoms with Crippen molar-refractivity contribution in [3.63, 3.8) is 0 Å². The number of nitrogens with one attached hydrogen (secondary N) is 1. The van der Waals surface area contributed by atoms with Crippen LogP contribution in [0.25, 0.3) is 0 Å². The van der Waals surface area contributed by atoms with Gasteiger partial charge in [0.25, 0.3) is 0 Å². The van der Waals surface area contributed by atoms with Gasteiger partial charge in [-0.15, -0.1) is 24.0 Å². The van der Waals surface area contributed by atoms with Crippen molar-refractivity contribution >= 4 is 35.6 Å². The van der Waals surface area contributed by atoms with Crippen LogP contribution in [0.3, 0.4) is 0 Å². The Morgan fingerprint density at radius 3 is 2.30 bits per heavy atom. The van der Waals surface area contributed by atoms with E-state index in [9.17, 15) is 9.50 Å². The molecule has 0 aliphatic carbocycles. The van der Waals surface area contributed by atoms with E-state index in [-0.39, 0.29) is 48.9 Å². The molecule has 1 atom stereocenters. The van der Waals surface area contributed by atoms with Gasteiger partial charge in [0.2, 0.25) is 0 Å². The number of ether oxygens (including phenoxy) is 1. The number of aryl methyl sites for hydroxylation is 2. The second-order valence-corrected chi connectivity index (χ2v) is 5.93. The van der Waals surface area contributed by atoms with E-state index in [1.807, 2.05) is 6.07 Å². The SMILES string of the molecule is CCc1cccc(CC)c1NC(N)=NCC(O)COc1ccc(F)cc1.I. The van der Waals surface area contributed by atoms with Gasteiger partial charge < -0.3 is 20.9 Å². The molecule has 2 aromatic rings. The van der Waals surface area contributed by atoms with Crippen LogP contribution in [0, 0.1) is 5.82 Å². The van der Waals surface area contributed by atoms with Gasteiger partial charge >= 0.3 is 0 Å². The van der Waals surface area contributed by atoms with Crippen LogP contribution in [0.15, 0.2) is 47.5 Å². The van der Waals surface area contributed by atoms with Crippen molar-refractivity contribution < 1.29 is 14.2 Å². The monoisotopic (exact) mass is 487 g/mol. The van der Waals surface area contributed by atoms with Gasteiger partial charge in [0.05, 0.1) is 6.54 Å². The van der Waals surface area contributed by atoms with E-state index in [1.54, 1.807) is 0 Å². The lowest BCUT2D eigenvalue weighted by atomic mass is 10.0. The molecule has 4 N–H and O–H groups in total. The summed E-state index contributed by atoms with van der Waals surface area (Å²) in [6.45, 7) is 4.33. The normalized spacial score (nSPS) is 12.2. The van der Waals surface area contributed by atoms with Gasteiger partial charge in [-0.25, -0.2) is 4.39 Å². The number of nitrogens with two attached hydrogens (primary N) is 1. The summed E-state index contributed by atoms with van der Waals surface area (Å²) in [5.41, 5.74) is 9.29. The molecule has 0 saturated heterocycles. The molecule has 148 valence electrons. The van der Waals surface area contributed by atoms with E-state index in [0.29, 0.717) is 5.75 Å². The fourth-order valence-corrected chi connectivity index (χ4v) is 2.55. The van der Waals surface area contributed by atoms with Crippen LogP contribution < -0.4 is 15.8 Å². The van der Waals surface area contributed by atoms with E-state index in [4.69, 9.17) is 10.5 Å². The number of aliphatic hydroxyl groups excluding tert-OH is 1. The number of hydrogen-bond donors (Lipinski definition) is 3. The van der Waals surface area contributed by atoms with E-state index >= 15 is 0 Å². The van der Waals surface area contributed by atoms with Crippen LogP contribution in [0.5, 0.6) is 5.75 Å². The molecule has 0 bridgehead atoms. The maximum Gasteiger partial charge on any atom is 0.193 e. The maximum absolute atomic E-state index is 12.8. The molecular weight excluding hydrogens is 460 g/mol. The third kappa shape index (κ3) is 7.34. The molecule has 2 aromatic carbocycles. The number of benzene rings is 2. The Morgan fingerprint density at radius 1 is 1.15 bits per heavy atom. The minimum atomic E-state index is -0.813. The molecule has 5 nitrogen and oxygen atoms in total. The van der Waals surface area contributed by atoms with E-state index in [1.165, 1.54) is 35.4 Å². The number of aliphatic hydroxyl groups is 1. The molecule has 0 amide bonds. The Bertz CT molecular complexity index is 716. The first kappa shape index (κ1) is 23.2. The summed E-state index contributed by atoms with van der Waals surface area (Å²) < 4.78 is 18.2. The third-order valence-corrected chi connectivity index (χ3v) is 3.98. The Morgan fingerprint density at radius 2 is 1.74 bits per heavy atom. The molecule has 2 rings (SSSR count). The third-order valence-electron chi connectivity index (χ3n) is 3.98. The van der Waals surface area contributed by atoms with Crippen molar-refractivity contribution in [2.45, 2.75) is 32.8 Å². The van der Waals surface area contributed by atoms with Gasteiger partial charge in [0.15, 0.2) is 5.96 Å². The molecule has 0 radical (unpaired) electrons. The molecule has 1 unspecified atom stereocenters. The predicted molar refractivity (Wildman–Crippen MR) is 119 cm³/mol. The average molecular weight is 487 g/mol. The van der Waals surface area contributed by atoms with Gasteiger partial charge in [0.1, 0.15) is 24.3 Å². The lowest BCUT2D eigenvalue weighted by Gasteiger charge is -2.15. The molecular formula is C20H27FIN3O2. The highest BCUT2D eigenvalue weighted by Crippen LogP contribution is 2.22. The number of para-hydroxylation sites is 1. The van der Waals surface area contributed by atoms with Crippen molar-refractivity contribution in [2.75, 3.05) is 18.5 Å². The van der Waals surface area contributed by atoms with E-state index in [2.05, 4.69) is 36.3 Å². The van der Waals surface area contributed by atoms with Gasteiger partial charge in [0, 0.05) is 5.69 Å². The number of anilines is 1. The number of hydrogen-bond acceptors (Lipinski definition) is 3. The summed E-state index contributed by atoms with van der Waals surface area (Å²) >= 11 is 0. The van der Waals surface area contributed by atoms with Gasteiger partial charge in [-0.05, 0) is 48.2 Å². The quantitative estimate of drug-likeness (QED) is 0.301. The van der Waals surface area contributed by atoms with Crippen molar-refractivity contribution in [2.24, 2.45) is 10.7 Å². The first-order valence-corrected chi connectivity index (χ1v) is 8.77. The molecule has 27 heavy (non-hydrogen) atoms. The summed E-state index contributed by atoms with van der Waals surface area (Å²) in [4.78, 5) is 4.19. The molecule has 0 fully saturated rings. The van der Waals surface area contributed by atoms with Crippen LogP contribution in [-0.2, 0) is 12.8 Å². The van der Waals surface area contributed by atoms with Gasteiger partial charge in [-0.1, -0.05) is 32.0 Å². The average Bonchev–Trinajstić information content (AvgIpc) is 2.66. The molecule has 0 aromatic heterocycles. The Labute approximate surface area is 176 Å². The largest absolute Gasteiger partial charge is 0.491 e. The van der Waals surface area contributed by atoms with Crippen molar-refractivity contribution in [3.8, 4) is 5.75 Å². The Balaban J connectivity index is 0.00000364. The fraction of sp³-hybridized carbons (Fsp3) is 0.350. The highest BCUT2D eigenvalue weighted by molar-refractivity contribution is 14.0. The summed E-state index contributed by atoms with van der Waals surface area (Å²) in [7, 11) is 0. The topological polar surface area (TPSA) is 79.9 Å². The molecule has 0 aliphatic rings. The maximum atomic E-state index is 12.8. The zero-order valence-electron chi connectivity index (χ0n) is 15.6. The van der Waals surface area contributed by atoms with Crippen LogP contribution in [0.4, 0.5) is 10.1 Å². The molecule has 7 heteroatoms. The number of aliphatic imine (C=N–C) groups is 1. The second kappa shape index (κ2) is 11.8. The second-order valence-electron chi connectivity index (χ2n) is 5.93. The standard InChI is InChI=1S/C20H26FN3O2.HI/c1-3-14-6-5-7-15(4-2)19(14)24-20(22)23-12-17(25)13-26-18-10-8-16(21)9-11-18;/h5-11,17,25H,3-4,12-13H2,1-2H3,(H3,22,23,24);1H. The first-order valence-electron chi connectivity index (χ1n) is 8.77. The minimum Gasteiger partial charge on any atom is -0.491 e. The van der Waals surface area contributed by atoms with E-state index in [0.717, 1.165) is 18.5 Å². The molecule has 0 heterocycles. The summed E-state index contributed by atoms with van der Waals surface area (Å²) in [6, 6.07) is 11.8. The highest BCUT2D eigenvalue weighted by Gasteiger charge is 2.09. The number of guanidine groups is 1. The summed E-state index contributed by atoms with van der Waals surface area (Å²) in [5, 5.41) is 13.1. The number of halogens is 2. The minimum absolute atomic E-state index is 0. The van der Waals surface area contributed by atoms with Crippen molar-refractivity contribution in [3.05, 3.63) is 59.4 Å². The van der Waals surface area contributed by atoms with Crippen LogP contribution in [-0.4, -0.2) is 30.3 Å². The Kier molecular flexibility index (Phi) is 10.1. The zero-order valence-corrected chi connectivity index (χ0v) is 17.9. The van der Waals surface area contributed by atoms with Gasteiger partial charge in [-0.2, -0.15) is 0 Å². The van der Waals surface area contributed by atoms with E-state index < -0.39 is 6.10 Å². The molecule has 0 saturated carbocycles. The lowest BCUT2D eigenvalue weighted by molar-refractivity contribution is 0.114. The smallest absolute Gasteiger partial charge is 0.193 e. The highest BCUT2D eigenvalue weighted by atomic mass is 127. The number of nitrogens with zero attached hydrogens (tertiary/aromatic N) is 1. The Hall–Kier alpha value is -1.87. The lowest BCUT2D eigenvalue weighted by Crippen LogP contribution is -2.28. The summed E-state index contributed by atoms with van der Waals surface area (Å²) in [5.74, 6) is 0.409. The van der Waals surface area contributed by atoms with Gasteiger partial charge in [-0.3, -0.25) is 4.99 Å².